The van der Waals surface area contributed by atoms with Crippen molar-refractivity contribution in [3.63, 3.8) is 0 Å². The lowest BCUT2D eigenvalue weighted by Gasteiger charge is -1.98. The summed E-state index contributed by atoms with van der Waals surface area (Å²) < 4.78 is 30.6. The number of benzene rings is 1. The highest BCUT2D eigenvalue weighted by Crippen LogP contribution is 2.20. The molecule has 90 valence electrons. The van der Waals surface area contributed by atoms with Crippen LogP contribution in [-0.2, 0) is 0 Å². The Kier molecular flexibility index (Phi) is 3.12. The maximum absolute atomic E-state index is 12.9. The first-order valence-electron chi connectivity index (χ1n) is 4.78. The summed E-state index contributed by atoms with van der Waals surface area (Å²) >= 11 is 0. The predicted molar refractivity (Wildman–Crippen MR) is 53.7 cm³/mol. The molecule has 0 fully saturated rings. The summed E-state index contributed by atoms with van der Waals surface area (Å²) in [6.45, 7) is -0.0842. The van der Waals surface area contributed by atoms with Crippen molar-refractivity contribution in [2.45, 2.75) is 6.10 Å². The Morgan fingerprint density at radius 3 is 2.53 bits per heavy atom. The third kappa shape index (κ3) is 2.45. The fourth-order valence-corrected chi connectivity index (χ4v) is 1.27. The number of nitrogens with zero attached hydrogens (tertiary/aromatic N) is 2. The third-order valence-corrected chi connectivity index (χ3v) is 2.07. The molecule has 0 aliphatic rings. The number of aromatic nitrogens is 2. The molecule has 0 spiro atoms. The molecule has 2 aromatic rings. The molecule has 1 atom stereocenters. The van der Waals surface area contributed by atoms with E-state index in [1.54, 1.807) is 0 Å². The Morgan fingerprint density at radius 2 is 1.94 bits per heavy atom. The number of halogens is 2. The minimum atomic E-state index is -1.09. The summed E-state index contributed by atoms with van der Waals surface area (Å²) in [5.74, 6) is -1.59. The zero-order valence-electron chi connectivity index (χ0n) is 8.60. The van der Waals surface area contributed by atoms with Gasteiger partial charge in [-0.1, -0.05) is 5.16 Å². The molecule has 0 amide bonds. The summed E-state index contributed by atoms with van der Waals surface area (Å²) in [6, 6.07) is 2.86. The highest BCUT2D eigenvalue weighted by molar-refractivity contribution is 5.54. The normalized spacial score (nSPS) is 12.7. The smallest absolute Gasteiger partial charge is 0.257 e. The number of aliphatic hydroxyl groups is 1. The lowest BCUT2D eigenvalue weighted by molar-refractivity contribution is 0.141. The summed E-state index contributed by atoms with van der Waals surface area (Å²) in [4.78, 5) is 3.79. The van der Waals surface area contributed by atoms with Gasteiger partial charge in [-0.25, -0.2) is 8.78 Å². The largest absolute Gasteiger partial charge is 0.382 e. The van der Waals surface area contributed by atoms with Gasteiger partial charge in [0.2, 0.25) is 5.82 Å². The van der Waals surface area contributed by atoms with E-state index >= 15 is 0 Å². The van der Waals surface area contributed by atoms with Crippen LogP contribution in [-0.4, -0.2) is 21.8 Å². The minimum absolute atomic E-state index is 0.00843. The fraction of sp³-hybridized carbons (Fsp3) is 0.200. The molecule has 1 heterocycles. The molecule has 17 heavy (non-hydrogen) atoms. The molecule has 7 heteroatoms. The van der Waals surface area contributed by atoms with Gasteiger partial charge in [-0.15, -0.1) is 0 Å². The van der Waals surface area contributed by atoms with Crippen LogP contribution in [0.5, 0.6) is 0 Å². The lowest BCUT2D eigenvalue weighted by atomic mass is 10.2. The van der Waals surface area contributed by atoms with Crippen molar-refractivity contribution >= 4 is 0 Å². The van der Waals surface area contributed by atoms with E-state index in [4.69, 9.17) is 10.3 Å². The van der Waals surface area contributed by atoms with Crippen molar-refractivity contribution in [2.75, 3.05) is 6.54 Å². The zero-order chi connectivity index (χ0) is 12.4. The molecule has 0 aliphatic carbocycles. The molecule has 1 aromatic carbocycles. The van der Waals surface area contributed by atoms with E-state index in [2.05, 4.69) is 10.1 Å². The molecule has 0 bridgehead atoms. The number of hydrogen-bond acceptors (Lipinski definition) is 5. The van der Waals surface area contributed by atoms with Crippen LogP contribution in [0, 0.1) is 11.6 Å². The summed E-state index contributed by atoms with van der Waals surface area (Å²) in [5, 5.41) is 12.8. The van der Waals surface area contributed by atoms with Crippen LogP contribution >= 0.6 is 0 Å². The highest BCUT2D eigenvalue weighted by atomic mass is 19.1. The molecular weight excluding hydrogens is 232 g/mol. The van der Waals surface area contributed by atoms with Gasteiger partial charge in [0.15, 0.2) is 0 Å². The lowest BCUT2D eigenvalue weighted by Crippen LogP contribution is -2.11. The maximum Gasteiger partial charge on any atom is 0.257 e. The maximum atomic E-state index is 12.9. The number of hydrogen-bond donors (Lipinski definition) is 2. The van der Waals surface area contributed by atoms with Crippen molar-refractivity contribution in [3.8, 4) is 11.4 Å². The van der Waals surface area contributed by atoms with Gasteiger partial charge < -0.3 is 15.4 Å². The fourth-order valence-electron chi connectivity index (χ4n) is 1.27. The highest BCUT2D eigenvalue weighted by Gasteiger charge is 2.16. The topological polar surface area (TPSA) is 85.2 Å². The van der Waals surface area contributed by atoms with Crippen LogP contribution in [0.1, 0.15) is 12.0 Å². The van der Waals surface area contributed by atoms with E-state index in [1.807, 2.05) is 0 Å². The molecule has 3 N–H and O–H groups in total. The Morgan fingerprint density at radius 1 is 1.29 bits per heavy atom. The number of aliphatic hydroxyl groups excluding tert-OH is 1. The zero-order valence-corrected chi connectivity index (χ0v) is 8.60. The van der Waals surface area contributed by atoms with Gasteiger partial charge in [0, 0.05) is 18.2 Å². The standard InChI is InChI=1S/C10H9F2N3O2/c11-6-1-5(2-7(12)3-6)9-14-10(17-15-9)8(16)4-13/h1-3,8,16H,4,13H2. The van der Waals surface area contributed by atoms with Crippen LogP contribution in [0.3, 0.4) is 0 Å². The first kappa shape index (κ1) is 11.6. The average molecular weight is 241 g/mol. The minimum Gasteiger partial charge on any atom is -0.382 e. The molecule has 0 saturated heterocycles. The molecule has 0 radical (unpaired) electrons. The molecule has 0 saturated carbocycles. The van der Waals surface area contributed by atoms with Gasteiger partial charge in [-0.3, -0.25) is 0 Å². The van der Waals surface area contributed by atoms with Crippen molar-refractivity contribution in [2.24, 2.45) is 5.73 Å². The number of nitrogens with two attached hydrogens (primary N) is 1. The van der Waals surface area contributed by atoms with Gasteiger partial charge in [0.1, 0.15) is 17.7 Å². The molecule has 1 unspecified atom stereocenters. The van der Waals surface area contributed by atoms with E-state index in [0.717, 1.165) is 18.2 Å². The van der Waals surface area contributed by atoms with Crippen molar-refractivity contribution < 1.29 is 18.4 Å². The Hall–Kier alpha value is -1.86. The van der Waals surface area contributed by atoms with Crippen molar-refractivity contribution in [3.05, 3.63) is 35.7 Å². The first-order chi connectivity index (χ1) is 8.10. The van der Waals surface area contributed by atoms with Gasteiger partial charge in [0.05, 0.1) is 0 Å². The third-order valence-electron chi connectivity index (χ3n) is 2.07. The Balaban J connectivity index is 2.36. The van der Waals surface area contributed by atoms with Crippen LogP contribution in [0.25, 0.3) is 11.4 Å². The molecule has 2 rings (SSSR count). The molecule has 0 aliphatic heterocycles. The summed E-state index contributed by atoms with van der Waals surface area (Å²) in [7, 11) is 0. The average Bonchev–Trinajstić information content (AvgIpc) is 2.76. The predicted octanol–water partition coefficient (Wildman–Crippen LogP) is 1.01. The van der Waals surface area contributed by atoms with Crippen LogP contribution in [0.15, 0.2) is 22.7 Å². The Bertz CT molecular complexity index is 510. The second kappa shape index (κ2) is 4.56. The van der Waals surface area contributed by atoms with Crippen LogP contribution in [0.2, 0.25) is 0 Å². The van der Waals surface area contributed by atoms with E-state index in [-0.39, 0.29) is 23.8 Å². The van der Waals surface area contributed by atoms with E-state index in [1.165, 1.54) is 0 Å². The number of rotatable bonds is 3. The first-order valence-corrected chi connectivity index (χ1v) is 4.78. The summed E-state index contributed by atoms with van der Waals surface area (Å²) in [5.41, 5.74) is 5.33. The van der Waals surface area contributed by atoms with E-state index in [0.29, 0.717) is 0 Å². The monoisotopic (exact) mass is 241 g/mol. The van der Waals surface area contributed by atoms with Gasteiger partial charge in [-0.2, -0.15) is 4.98 Å². The van der Waals surface area contributed by atoms with Gasteiger partial charge in [-0.05, 0) is 12.1 Å². The van der Waals surface area contributed by atoms with Crippen molar-refractivity contribution in [1.29, 1.82) is 0 Å². The molecule has 5 nitrogen and oxygen atoms in total. The van der Waals surface area contributed by atoms with E-state index < -0.39 is 17.7 Å². The quantitative estimate of drug-likeness (QED) is 0.837. The van der Waals surface area contributed by atoms with Crippen LogP contribution in [0.4, 0.5) is 8.78 Å². The SMILES string of the molecule is NCC(O)c1nc(-c2cc(F)cc(F)c2)no1. The second-order valence-electron chi connectivity index (χ2n) is 3.37. The summed E-state index contributed by atoms with van der Waals surface area (Å²) in [6.07, 6.45) is -1.09. The van der Waals surface area contributed by atoms with Gasteiger partial charge in [0.25, 0.3) is 5.89 Å². The molecule has 1 aromatic heterocycles. The van der Waals surface area contributed by atoms with Crippen molar-refractivity contribution in [1.82, 2.24) is 10.1 Å². The van der Waals surface area contributed by atoms with Gasteiger partial charge >= 0.3 is 0 Å². The Labute approximate surface area is 94.9 Å². The molecular formula is C10H9F2N3O2. The van der Waals surface area contributed by atoms with Crippen LogP contribution < -0.4 is 5.73 Å². The second-order valence-corrected chi connectivity index (χ2v) is 3.37. The van der Waals surface area contributed by atoms with E-state index in [9.17, 15) is 13.9 Å².